The van der Waals surface area contributed by atoms with Crippen LogP contribution >= 0.6 is 11.3 Å². The van der Waals surface area contributed by atoms with E-state index in [1.165, 1.54) is 37.0 Å². The highest BCUT2D eigenvalue weighted by atomic mass is 32.1. The number of thiazole rings is 1. The van der Waals surface area contributed by atoms with Crippen LogP contribution in [0.4, 0.5) is 0 Å². The van der Waals surface area contributed by atoms with Gasteiger partial charge in [0.1, 0.15) is 10.7 Å². The largest absolute Gasteiger partial charge is 0.348 e. The summed E-state index contributed by atoms with van der Waals surface area (Å²) in [4.78, 5) is 26.1. The zero-order chi connectivity index (χ0) is 17.1. The Morgan fingerprint density at radius 2 is 1.80 bits per heavy atom. The smallest absolute Gasteiger partial charge is 0.272 e. The predicted octanol–water partition coefficient (Wildman–Crippen LogP) is 4.21. The molecule has 5 nitrogen and oxygen atoms in total. The Kier molecular flexibility index (Phi) is 4.70. The summed E-state index contributed by atoms with van der Waals surface area (Å²) in [6.45, 7) is 0. The fourth-order valence-corrected chi connectivity index (χ4v) is 4.27. The summed E-state index contributed by atoms with van der Waals surface area (Å²) in [5.74, 6) is -0.144. The first-order valence-electron chi connectivity index (χ1n) is 8.79. The minimum atomic E-state index is -0.144. The van der Waals surface area contributed by atoms with E-state index in [4.69, 9.17) is 0 Å². The number of hydrogen-bond donors (Lipinski definition) is 1. The maximum Gasteiger partial charge on any atom is 0.272 e. The molecule has 1 fully saturated rings. The van der Waals surface area contributed by atoms with Crippen molar-refractivity contribution >= 4 is 27.5 Å². The molecule has 0 unspecified atom stereocenters. The second-order valence-electron chi connectivity index (χ2n) is 6.40. The van der Waals surface area contributed by atoms with Crippen LogP contribution in [0.2, 0.25) is 0 Å². The van der Waals surface area contributed by atoms with E-state index in [2.05, 4.69) is 20.3 Å². The van der Waals surface area contributed by atoms with Crippen LogP contribution in [0.1, 0.15) is 49.0 Å². The summed E-state index contributed by atoms with van der Waals surface area (Å²) in [5, 5.41) is 3.89. The molecule has 0 saturated heterocycles. The minimum Gasteiger partial charge on any atom is -0.348 e. The second-order valence-corrected chi connectivity index (χ2v) is 7.43. The van der Waals surface area contributed by atoms with Crippen LogP contribution in [0.5, 0.6) is 0 Å². The Hall–Kier alpha value is -2.34. The van der Waals surface area contributed by atoms with Gasteiger partial charge in [-0.05, 0) is 25.0 Å². The summed E-state index contributed by atoms with van der Waals surface area (Å²) < 4.78 is 1.08. The molecule has 6 heteroatoms. The van der Waals surface area contributed by atoms with Gasteiger partial charge in [-0.2, -0.15) is 0 Å². The lowest BCUT2D eigenvalue weighted by Crippen LogP contribution is -2.35. The molecule has 1 amide bonds. The van der Waals surface area contributed by atoms with Gasteiger partial charge in [0.2, 0.25) is 0 Å². The maximum absolute atomic E-state index is 12.8. The quantitative estimate of drug-likeness (QED) is 0.717. The first kappa shape index (κ1) is 16.1. The maximum atomic E-state index is 12.8. The molecule has 1 aromatic carbocycles. The van der Waals surface area contributed by atoms with Gasteiger partial charge in [0.15, 0.2) is 5.69 Å². The normalized spacial score (nSPS) is 15.8. The molecule has 0 radical (unpaired) electrons. The van der Waals surface area contributed by atoms with E-state index in [1.54, 1.807) is 12.4 Å². The topological polar surface area (TPSA) is 67.8 Å². The van der Waals surface area contributed by atoms with Gasteiger partial charge in [-0.3, -0.25) is 4.79 Å². The van der Waals surface area contributed by atoms with Crippen LogP contribution in [0.15, 0.2) is 36.7 Å². The summed E-state index contributed by atoms with van der Waals surface area (Å²) in [7, 11) is 0. The highest BCUT2D eigenvalue weighted by Gasteiger charge is 2.22. The summed E-state index contributed by atoms with van der Waals surface area (Å²) in [6, 6.07) is 8.18. The number of nitrogens with zero attached hydrogens (tertiary/aromatic N) is 3. The lowest BCUT2D eigenvalue weighted by Gasteiger charge is -2.16. The molecule has 1 saturated carbocycles. The van der Waals surface area contributed by atoms with Crippen molar-refractivity contribution < 1.29 is 4.79 Å². The standard InChI is InChI=1S/C19H20N4OS/c24-18(22-13-7-3-1-2-4-8-13)16-17(21-12-11-20-16)19-23-14-9-5-6-10-15(14)25-19/h5-6,9-13H,1-4,7-8H2,(H,22,24). The van der Waals surface area contributed by atoms with Crippen molar-refractivity contribution in [2.24, 2.45) is 0 Å². The number of nitrogens with one attached hydrogen (secondary N) is 1. The van der Waals surface area contributed by atoms with Crippen molar-refractivity contribution in [1.82, 2.24) is 20.3 Å². The molecule has 3 aromatic rings. The number of aromatic nitrogens is 3. The van der Waals surface area contributed by atoms with Gasteiger partial charge in [0.25, 0.3) is 5.91 Å². The summed E-state index contributed by atoms with van der Waals surface area (Å²) >= 11 is 1.54. The number of para-hydroxylation sites is 1. The second kappa shape index (κ2) is 7.27. The molecular formula is C19H20N4OS. The molecule has 128 valence electrons. The molecule has 25 heavy (non-hydrogen) atoms. The number of benzene rings is 1. The third-order valence-electron chi connectivity index (χ3n) is 4.60. The number of fused-ring (bicyclic) bond motifs is 1. The lowest BCUT2D eigenvalue weighted by molar-refractivity contribution is 0.0928. The molecule has 4 rings (SSSR count). The van der Waals surface area contributed by atoms with E-state index in [0.29, 0.717) is 11.4 Å². The van der Waals surface area contributed by atoms with Crippen molar-refractivity contribution in [2.45, 2.75) is 44.6 Å². The number of rotatable bonds is 3. The van der Waals surface area contributed by atoms with Crippen molar-refractivity contribution in [3.8, 4) is 10.7 Å². The average Bonchev–Trinajstić information content (AvgIpc) is 2.92. The van der Waals surface area contributed by atoms with Gasteiger partial charge in [0, 0.05) is 18.4 Å². The van der Waals surface area contributed by atoms with E-state index in [1.807, 2.05) is 24.3 Å². The van der Waals surface area contributed by atoms with Gasteiger partial charge in [-0.25, -0.2) is 15.0 Å². The predicted molar refractivity (Wildman–Crippen MR) is 99.6 cm³/mol. The molecule has 0 bridgehead atoms. The number of carbonyl (C=O) groups excluding carboxylic acids is 1. The Morgan fingerprint density at radius 1 is 1.04 bits per heavy atom. The third kappa shape index (κ3) is 3.54. The first-order valence-corrected chi connectivity index (χ1v) is 9.61. The highest BCUT2D eigenvalue weighted by Crippen LogP contribution is 2.30. The van der Waals surface area contributed by atoms with Crippen molar-refractivity contribution in [2.75, 3.05) is 0 Å². The van der Waals surface area contributed by atoms with Crippen LogP contribution in [-0.4, -0.2) is 26.9 Å². The third-order valence-corrected chi connectivity index (χ3v) is 5.64. The van der Waals surface area contributed by atoms with Gasteiger partial charge in [-0.1, -0.05) is 37.8 Å². The zero-order valence-electron chi connectivity index (χ0n) is 13.9. The highest BCUT2D eigenvalue weighted by molar-refractivity contribution is 7.21. The monoisotopic (exact) mass is 352 g/mol. The van der Waals surface area contributed by atoms with Crippen LogP contribution in [0.3, 0.4) is 0 Å². The Labute approximate surface area is 150 Å². The van der Waals surface area contributed by atoms with Gasteiger partial charge >= 0.3 is 0 Å². The van der Waals surface area contributed by atoms with E-state index < -0.39 is 0 Å². The molecule has 2 heterocycles. The van der Waals surface area contributed by atoms with E-state index in [0.717, 1.165) is 28.1 Å². The Balaban J connectivity index is 1.63. The molecular weight excluding hydrogens is 332 g/mol. The van der Waals surface area contributed by atoms with E-state index >= 15 is 0 Å². The van der Waals surface area contributed by atoms with Crippen molar-refractivity contribution in [3.05, 3.63) is 42.4 Å². The fraction of sp³-hybridized carbons (Fsp3) is 0.368. The van der Waals surface area contributed by atoms with Gasteiger partial charge in [0.05, 0.1) is 10.2 Å². The number of carbonyl (C=O) groups is 1. The minimum absolute atomic E-state index is 0.144. The molecule has 1 aliphatic rings. The number of hydrogen-bond acceptors (Lipinski definition) is 5. The number of amides is 1. The zero-order valence-corrected chi connectivity index (χ0v) is 14.8. The van der Waals surface area contributed by atoms with Crippen molar-refractivity contribution in [1.29, 1.82) is 0 Å². The van der Waals surface area contributed by atoms with E-state index in [9.17, 15) is 4.79 Å². The van der Waals surface area contributed by atoms with E-state index in [-0.39, 0.29) is 11.9 Å². The van der Waals surface area contributed by atoms with Crippen molar-refractivity contribution in [3.63, 3.8) is 0 Å². The molecule has 0 aliphatic heterocycles. The van der Waals surface area contributed by atoms with Gasteiger partial charge in [-0.15, -0.1) is 11.3 Å². The molecule has 0 spiro atoms. The van der Waals surface area contributed by atoms with Crippen LogP contribution < -0.4 is 5.32 Å². The lowest BCUT2D eigenvalue weighted by atomic mass is 10.1. The Morgan fingerprint density at radius 3 is 2.60 bits per heavy atom. The van der Waals surface area contributed by atoms with Gasteiger partial charge < -0.3 is 5.32 Å². The molecule has 1 aliphatic carbocycles. The first-order chi connectivity index (χ1) is 12.3. The fourth-order valence-electron chi connectivity index (χ4n) is 3.31. The molecule has 0 atom stereocenters. The summed E-state index contributed by atoms with van der Waals surface area (Å²) in [5.41, 5.74) is 1.85. The van der Waals surface area contributed by atoms with Crippen LogP contribution in [0.25, 0.3) is 20.9 Å². The molecule has 1 N–H and O–H groups in total. The Bertz CT molecular complexity index is 851. The van der Waals surface area contributed by atoms with Crippen LogP contribution in [-0.2, 0) is 0 Å². The summed E-state index contributed by atoms with van der Waals surface area (Å²) in [6.07, 6.45) is 10.1. The average molecular weight is 352 g/mol. The SMILES string of the molecule is O=C(NC1CCCCCC1)c1nccnc1-c1nc2ccccc2s1. The van der Waals surface area contributed by atoms with Crippen LogP contribution in [0, 0.1) is 0 Å². The molecule has 2 aromatic heterocycles.